The molecule has 0 N–H and O–H groups in total. The Bertz CT molecular complexity index is 585. The quantitative estimate of drug-likeness (QED) is 0.616. The minimum atomic E-state index is -0.402. The Morgan fingerprint density at radius 2 is 1.94 bits per heavy atom. The maximum atomic E-state index is 10.6. The van der Waals surface area contributed by atoms with E-state index in [4.69, 9.17) is 0 Å². The van der Waals surface area contributed by atoms with E-state index >= 15 is 0 Å². The standard InChI is InChI=1S/C13H14N3O2/c1-9-10(2)14-15(11(9)3)8-12-4-6-13(7-5-12)16(17)18/h4-7H,1,8H2,2-3H3. The lowest BCUT2D eigenvalue weighted by molar-refractivity contribution is -0.384. The third kappa shape index (κ3) is 2.25. The molecule has 93 valence electrons. The smallest absolute Gasteiger partial charge is 0.265 e. The first-order chi connectivity index (χ1) is 8.49. The molecule has 0 unspecified atom stereocenters. The maximum absolute atomic E-state index is 10.6. The summed E-state index contributed by atoms with van der Waals surface area (Å²) in [6.45, 7) is 8.43. The van der Waals surface area contributed by atoms with Crippen molar-refractivity contribution in [3.63, 3.8) is 0 Å². The van der Waals surface area contributed by atoms with Crippen LogP contribution >= 0.6 is 0 Å². The van der Waals surface area contributed by atoms with Crippen LogP contribution in [0.1, 0.15) is 22.5 Å². The molecular weight excluding hydrogens is 230 g/mol. The van der Waals surface area contributed by atoms with E-state index in [0.29, 0.717) is 6.54 Å². The van der Waals surface area contributed by atoms with Crippen LogP contribution in [0.3, 0.4) is 0 Å². The first kappa shape index (κ1) is 12.3. The van der Waals surface area contributed by atoms with E-state index in [0.717, 1.165) is 22.5 Å². The normalized spacial score (nSPS) is 10.6. The number of nitro groups is 1. The number of benzene rings is 1. The molecule has 0 atom stereocenters. The second-order valence-corrected chi connectivity index (χ2v) is 4.23. The number of nitro benzene ring substituents is 1. The second kappa shape index (κ2) is 4.60. The van der Waals surface area contributed by atoms with Crippen molar-refractivity contribution >= 4 is 5.69 Å². The van der Waals surface area contributed by atoms with Gasteiger partial charge in [-0.3, -0.25) is 14.8 Å². The summed E-state index contributed by atoms with van der Waals surface area (Å²) in [7, 11) is 0. The van der Waals surface area contributed by atoms with E-state index in [2.05, 4.69) is 12.0 Å². The van der Waals surface area contributed by atoms with Gasteiger partial charge in [0.05, 0.1) is 17.2 Å². The number of hydrogen-bond acceptors (Lipinski definition) is 3. The molecule has 1 heterocycles. The molecule has 5 heteroatoms. The van der Waals surface area contributed by atoms with E-state index < -0.39 is 4.92 Å². The number of nitrogens with zero attached hydrogens (tertiary/aromatic N) is 3. The van der Waals surface area contributed by atoms with Gasteiger partial charge in [-0.25, -0.2) is 0 Å². The van der Waals surface area contributed by atoms with Gasteiger partial charge in [-0.1, -0.05) is 12.1 Å². The minimum absolute atomic E-state index is 0.102. The van der Waals surface area contributed by atoms with Gasteiger partial charge in [-0.2, -0.15) is 5.10 Å². The van der Waals surface area contributed by atoms with Crippen LogP contribution in [0.2, 0.25) is 0 Å². The second-order valence-electron chi connectivity index (χ2n) is 4.23. The summed E-state index contributed by atoms with van der Waals surface area (Å²) in [5.74, 6) is 0. The maximum Gasteiger partial charge on any atom is 0.269 e. The van der Waals surface area contributed by atoms with Gasteiger partial charge < -0.3 is 0 Å². The molecule has 1 radical (unpaired) electrons. The van der Waals surface area contributed by atoms with Crippen molar-refractivity contribution in [1.82, 2.24) is 9.78 Å². The molecule has 0 aliphatic carbocycles. The van der Waals surface area contributed by atoms with Crippen molar-refractivity contribution in [3.05, 3.63) is 63.8 Å². The average molecular weight is 244 g/mol. The summed E-state index contributed by atoms with van der Waals surface area (Å²) < 4.78 is 1.86. The summed E-state index contributed by atoms with van der Waals surface area (Å²) in [5.41, 5.74) is 3.95. The summed E-state index contributed by atoms with van der Waals surface area (Å²) in [6, 6.07) is 6.51. The van der Waals surface area contributed by atoms with Crippen LogP contribution in [0.25, 0.3) is 0 Å². The van der Waals surface area contributed by atoms with Crippen molar-refractivity contribution in [2.75, 3.05) is 0 Å². The molecule has 0 fully saturated rings. The fourth-order valence-corrected chi connectivity index (χ4v) is 1.78. The molecule has 0 spiro atoms. The topological polar surface area (TPSA) is 61.0 Å². The fourth-order valence-electron chi connectivity index (χ4n) is 1.78. The molecule has 0 saturated carbocycles. The molecular formula is C13H14N3O2. The SMILES string of the molecule is [CH2]c1c(C)nn(Cc2ccc([N+](=O)[O-])cc2)c1C. The number of non-ortho nitro benzene ring substituents is 1. The third-order valence-electron chi connectivity index (χ3n) is 3.01. The monoisotopic (exact) mass is 244 g/mol. The van der Waals surface area contributed by atoms with Crippen molar-refractivity contribution < 1.29 is 4.92 Å². The highest BCUT2D eigenvalue weighted by Crippen LogP contribution is 2.15. The molecule has 0 saturated heterocycles. The Morgan fingerprint density at radius 1 is 1.33 bits per heavy atom. The Balaban J connectivity index is 2.23. The predicted molar refractivity (Wildman–Crippen MR) is 68.4 cm³/mol. The molecule has 1 aromatic carbocycles. The van der Waals surface area contributed by atoms with Crippen molar-refractivity contribution in [1.29, 1.82) is 0 Å². The van der Waals surface area contributed by atoms with Crippen molar-refractivity contribution in [3.8, 4) is 0 Å². The van der Waals surface area contributed by atoms with Crippen molar-refractivity contribution in [2.45, 2.75) is 20.4 Å². The lowest BCUT2D eigenvalue weighted by Crippen LogP contribution is -2.04. The van der Waals surface area contributed by atoms with E-state index in [1.54, 1.807) is 12.1 Å². The summed E-state index contributed by atoms with van der Waals surface area (Å²) in [4.78, 5) is 10.2. The summed E-state index contributed by atoms with van der Waals surface area (Å²) in [6.07, 6.45) is 0. The molecule has 0 aliphatic heterocycles. The minimum Gasteiger partial charge on any atom is -0.265 e. The van der Waals surface area contributed by atoms with Gasteiger partial charge in [0.25, 0.3) is 5.69 Å². The van der Waals surface area contributed by atoms with Crippen LogP contribution < -0.4 is 0 Å². The first-order valence-electron chi connectivity index (χ1n) is 5.58. The molecule has 0 aliphatic rings. The summed E-state index contributed by atoms with van der Waals surface area (Å²) in [5, 5.41) is 14.9. The predicted octanol–water partition coefficient (Wildman–Crippen LogP) is 2.64. The zero-order chi connectivity index (χ0) is 13.3. The zero-order valence-corrected chi connectivity index (χ0v) is 10.4. The van der Waals surface area contributed by atoms with E-state index in [1.807, 2.05) is 18.5 Å². The number of aromatic nitrogens is 2. The largest absolute Gasteiger partial charge is 0.269 e. The van der Waals surface area contributed by atoms with Gasteiger partial charge in [-0.15, -0.1) is 0 Å². The number of aryl methyl sites for hydroxylation is 1. The number of rotatable bonds is 3. The van der Waals surface area contributed by atoms with Crippen LogP contribution in [0.4, 0.5) is 5.69 Å². The lowest BCUT2D eigenvalue weighted by atomic mass is 10.2. The number of hydrogen-bond donors (Lipinski definition) is 0. The Kier molecular flexibility index (Phi) is 3.14. The van der Waals surface area contributed by atoms with Crippen LogP contribution in [0.15, 0.2) is 24.3 Å². The van der Waals surface area contributed by atoms with Crippen LogP contribution in [0.5, 0.6) is 0 Å². The third-order valence-corrected chi connectivity index (χ3v) is 3.01. The first-order valence-corrected chi connectivity index (χ1v) is 5.58. The Morgan fingerprint density at radius 3 is 2.39 bits per heavy atom. The van der Waals surface area contributed by atoms with Crippen LogP contribution in [0, 0.1) is 30.9 Å². The van der Waals surface area contributed by atoms with E-state index in [9.17, 15) is 10.1 Å². The Hall–Kier alpha value is -2.17. The highest BCUT2D eigenvalue weighted by molar-refractivity contribution is 5.33. The molecule has 2 rings (SSSR count). The highest BCUT2D eigenvalue weighted by Gasteiger charge is 2.09. The molecule has 0 amide bonds. The molecule has 1 aromatic heterocycles. The van der Waals surface area contributed by atoms with Crippen LogP contribution in [-0.2, 0) is 6.54 Å². The molecule has 0 bridgehead atoms. The van der Waals surface area contributed by atoms with Crippen LogP contribution in [-0.4, -0.2) is 14.7 Å². The summed E-state index contributed by atoms with van der Waals surface area (Å²) >= 11 is 0. The lowest BCUT2D eigenvalue weighted by Gasteiger charge is -2.04. The average Bonchev–Trinajstić information content (AvgIpc) is 2.58. The fraction of sp³-hybridized carbons (Fsp3) is 0.231. The van der Waals surface area contributed by atoms with Gasteiger partial charge in [0.2, 0.25) is 0 Å². The molecule has 5 nitrogen and oxygen atoms in total. The van der Waals surface area contributed by atoms with Gasteiger partial charge in [0.15, 0.2) is 0 Å². The Labute approximate surface area is 105 Å². The molecule has 18 heavy (non-hydrogen) atoms. The van der Waals surface area contributed by atoms with E-state index in [1.165, 1.54) is 12.1 Å². The van der Waals surface area contributed by atoms with Gasteiger partial charge in [0, 0.05) is 17.8 Å². The molecule has 2 aromatic rings. The highest BCUT2D eigenvalue weighted by atomic mass is 16.6. The van der Waals surface area contributed by atoms with Gasteiger partial charge in [-0.05, 0) is 31.9 Å². The van der Waals surface area contributed by atoms with Gasteiger partial charge in [0.1, 0.15) is 0 Å². The van der Waals surface area contributed by atoms with Crippen molar-refractivity contribution in [2.24, 2.45) is 0 Å². The van der Waals surface area contributed by atoms with E-state index in [-0.39, 0.29) is 5.69 Å². The zero-order valence-electron chi connectivity index (χ0n) is 10.4. The van der Waals surface area contributed by atoms with Gasteiger partial charge >= 0.3 is 0 Å².